The molecule has 0 unspecified atom stereocenters. The number of rotatable bonds is 5. The molecule has 7 nitrogen and oxygen atoms in total. The van der Waals surface area contributed by atoms with Crippen molar-refractivity contribution in [1.82, 2.24) is 9.97 Å². The van der Waals surface area contributed by atoms with Crippen molar-refractivity contribution in [1.29, 1.82) is 0 Å². The van der Waals surface area contributed by atoms with Gasteiger partial charge in [-0.1, -0.05) is 12.1 Å². The van der Waals surface area contributed by atoms with Crippen molar-refractivity contribution in [3.8, 4) is 11.5 Å². The minimum absolute atomic E-state index is 0.183. The Kier molecular flexibility index (Phi) is 5.01. The number of ether oxygens (including phenoxy) is 2. The number of aromatic nitrogens is 2. The molecule has 0 saturated carbocycles. The molecule has 1 aliphatic rings. The van der Waals surface area contributed by atoms with Crippen LogP contribution < -0.4 is 20.1 Å². The first-order valence-corrected chi connectivity index (χ1v) is 8.69. The molecule has 0 atom stereocenters. The van der Waals surface area contributed by atoms with Gasteiger partial charge in [-0.15, -0.1) is 0 Å². The number of halogens is 1. The van der Waals surface area contributed by atoms with E-state index in [1.165, 1.54) is 24.5 Å². The second-order valence-electron chi connectivity index (χ2n) is 6.08. The van der Waals surface area contributed by atoms with Crippen molar-refractivity contribution in [3.05, 3.63) is 71.9 Å². The highest BCUT2D eigenvalue weighted by Gasteiger charge is 2.14. The number of anilines is 2. The smallest absolute Gasteiger partial charge is 0.275 e. The van der Waals surface area contributed by atoms with Gasteiger partial charge in [-0.3, -0.25) is 4.79 Å². The zero-order valence-corrected chi connectivity index (χ0v) is 14.8. The molecule has 1 aromatic heterocycles. The van der Waals surface area contributed by atoms with Gasteiger partial charge in [0.25, 0.3) is 5.91 Å². The van der Waals surface area contributed by atoms with Crippen LogP contribution in [0.1, 0.15) is 16.1 Å². The van der Waals surface area contributed by atoms with E-state index in [1.807, 2.05) is 0 Å². The van der Waals surface area contributed by atoms with E-state index >= 15 is 0 Å². The third-order valence-corrected chi connectivity index (χ3v) is 4.07. The Morgan fingerprint density at radius 3 is 2.54 bits per heavy atom. The molecule has 2 heterocycles. The molecule has 1 amide bonds. The summed E-state index contributed by atoms with van der Waals surface area (Å²) in [5.74, 6) is 1.10. The number of fused-ring (bicyclic) bond motifs is 1. The van der Waals surface area contributed by atoms with Gasteiger partial charge in [-0.05, 0) is 29.8 Å². The minimum Gasteiger partial charge on any atom is -0.486 e. The third-order valence-electron chi connectivity index (χ3n) is 4.07. The van der Waals surface area contributed by atoms with Gasteiger partial charge >= 0.3 is 0 Å². The first-order valence-electron chi connectivity index (χ1n) is 8.69. The van der Waals surface area contributed by atoms with E-state index in [0.717, 1.165) is 5.56 Å². The van der Waals surface area contributed by atoms with Crippen LogP contribution in [0.3, 0.4) is 0 Å². The quantitative estimate of drug-likeness (QED) is 0.707. The summed E-state index contributed by atoms with van der Waals surface area (Å²) in [5, 5.41) is 5.83. The van der Waals surface area contributed by atoms with Crippen molar-refractivity contribution >= 4 is 17.4 Å². The third kappa shape index (κ3) is 4.17. The van der Waals surface area contributed by atoms with Crippen molar-refractivity contribution in [3.63, 3.8) is 0 Å². The summed E-state index contributed by atoms with van der Waals surface area (Å²) >= 11 is 0. The molecule has 1 aliphatic heterocycles. The molecule has 28 heavy (non-hydrogen) atoms. The Balaban J connectivity index is 1.36. The van der Waals surface area contributed by atoms with Gasteiger partial charge in [0, 0.05) is 18.3 Å². The van der Waals surface area contributed by atoms with E-state index in [1.54, 1.807) is 30.3 Å². The number of benzene rings is 2. The lowest BCUT2D eigenvalue weighted by Crippen LogP contribution is -2.17. The first kappa shape index (κ1) is 17.7. The predicted octanol–water partition coefficient (Wildman–Crippen LogP) is 3.25. The average Bonchev–Trinajstić information content (AvgIpc) is 2.73. The lowest BCUT2D eigenvalue weighted by molar-refractivity contribution is 0.102. The number of hydrogen-bond acceptors (Lipinski definition) is 6. The Morgan fingerprint density at radius 2 is 1.79 bits per heavy atom. The summed E-state index contributed by atoms with van der Waals surface area (Å²) in [5.41, 5.74) is 1.67. The van der Waals surface area contributed by atoms with E-state index in [2.05, 4.69) is 20.6 Å². The van der Waals surface area contributed by atoms with Crippen LogP contribution in [0, 0.1) is 5.82 Å². The number of hydrogen-bond donors (Lipinski definition) is 2. The molecule has 2 N–H and O–H groups in total. The van der Waals surface area contributed by atoms with Crippen molar-refractivity contribution < 1.29 is 18.7 Å². The first-order chi connectivity index (χ1) is 13.7. The zero-order chi connectivity index (χ0) is 19.3. The lowest BCUT2D eigenvalue weighted by atomic mass is 10.2. The molecular weight excluding hydrogens is 363 g/mol. The van der Waals surface area contributed by atoms with Gasteiger partial charge in [0.05, 0.1) is 12.4 Å². The fourth-order valence-corrected chi connectivity index (χ4v) is 2.65. The second kappa shape index (κ2) is 7.91. The monoisotopic (exact) mass is 380 g/mol. The van der Waals surface area contributed by atoms with Crippen LogP contribution in [0.2, 0.25) is 0 Å². The molecule has 0 saturated heterocycles. The molecule has 0 fully saturated rings. The maximum atomic E-state index is 12.9. The molecule has 0 radical (unpaired) electrons. The van der Waals surface area contributed by atoms with E-state index in [9.17, 15) is 9.18 Å². The molecule has 8 heteroatoms. The standard InChI is InChI=1S/C20H17FN4O3/c21-14-3-1-13(2-4-14)10-23-19-12-22-16(11-24-19)20(26)25-15-5-6-17-18(9-15)28-8-7-27-17/h1-6,9,11-12H,7-8,10H2,(H,23,24)(H,25,26). The fourth-order valence-electron chi connectivity index (χ4n) is 2.65. The molecule has 2 aromatic carbocycles. The number of amides is 1. The summed E-state index contributed by atoms with van der Waals surface area (Å²) in [6.07, 6.45) is 2.86. The summed E-state index contributed by atoms with van der Waals surface area (Å²) in [6, 6.07) is 11.4. The van der Waals surface area contributed by atoms with Crippen LogP contribution >= 0.6 is 0 Å². The van der Waals surface area contributed by atoms with Crippen LogP contribution in [0.15, 0.2) is 54.9 Å². The van der Waals surface area contributed by atoms with Crippen molar-refractivity contribution in [2.45, 2.75) is 6.54 Å². The van der Waals surface area contributed by atoms with E-state index in [0.29, 0.717) is 42.8 Å². The Morgan fingerprint density at radius 1 is 1.00 bits per heavy atom. The molecule has 0 bridgehead atoms. The van der Waals surface area contributed by atoms with Crippen LogP contribution in [0.4, 0.5) is 15.9 Å². The molecule has 142 valence electrons. The largest absolute Gasteiger partial charge is 0.486 e. The zero-order valence-electron chi connectivity index (χ0n) is 14.8. The normalized spacial score (nSPS) is 12.3. The van der Waals surface area contributed by atoms with Crippen LogP contribution in [0.5, 0.6) is 11.5 Å². The predicted molar refractivity (Wildman–Crippen MR) is 101 cm³/mol. The molecular formula is C20H17FN4O3. The van der Waals surface area contributed by atoms with Gasteiger partial charge in [0.2, 0.25) is 0 Å². The van der Waals surface area contributed by atoms with Gasteiger partial charge in [-0.2, -0.15) is 0 Å². The maximum absolute atomic E-state index is 12.9. The van der Waals surface area contributed by atoms with Crippen LogP contribution in [-0.2, 0) is 6.54 Å². The molecule has 0 spiro atoms. The van der Waals surface area contributed by atoms with Crippen LogP contribution in [-0.4, -0.2) is 29.1 Å². The Labute approximate surface area is 160 Å². The van der Waals surface area contributed by atoms with E-state index in [4.69, 9.17) is 9.47 Å². The fraction of sp³-hybridized carbons (Fsp3) is 0.150. The number of carbonyl (C=O) groups excluding carboxylic acids is 1. The highest BCUT2D eigenvalue weighted by Crippen LogP contribution is 2.32. The Hall–Kier alpha value is -3.68. The van der Waals surface area contributed by atoms with Gasteiger partial charge in [0.1, 0.15) is 30.5 Å². The maximum Gasteiger partial charge on any atom is 0.275 e. The highest BCUT2D eigenvalue weighted by molar-refractivity contribution is 6.02. The van der Waals surface area contributed by atoms with Crippen LogP contribution in [0.25, 0.3) is 0 Å². The van der Waals surface area contributed by atoms with Gasteiger partial charge in [0.15, 0.2) is 11.5 Å². The minimum atomic E-state index is -0.380. The van der Waals surface area contributed by atoms with E-state index < -0.39 is 0 Å². The topological polar surface area (TPSA) is 85.4 Å². The number of nitrogens with zero attached hydrogens (tertiary/aromatic N) is 2. The molecule has 4 rings (SSSR count). The number of carbonyl (C=O) groups is 1. The highest BCUT2D eigenvalue weighted by atomic mass is 19.1. The van der Waals surface area contributed by atoms with Gasteiger partial charge in [-0.25, -0.2) is 14.4 Å². The SMILES string of the molecule is O=C(Nc1ccc2c(c1)OCCO2)c1cnc(NCc2ccc(F)cc2)cn1. The summed E-state index contributed by atoms with van der Waals surface area (Å²) in [4.78, 5) is 20.7. The second-order valence-corrected chi connectivity index (χ2v) is 6.08. The summed E-state index contributed by atoms with van der Waals surface area (Å²) in [6.45, 7) is 1.45. The number of nitrogens with one attached hydrogen (secondary N) is 2. The molecule has 3 aromatic rings. The lowest BCUT2D eigenvalue weighted by Gasteiger charge is -2.18. The van der Waals surface area contributed by atoms with Crippen molar-refractivity contribution in [2.24, 2.45) is 0 Å². The summed E-state index contributed by atoms with van der Waals surface area (Å²) in [7, 11) is 0. The van der Waals surface area contributed by atoms with Gasteiger partial charge < -0.3 is 20.1 Å². The Bertz CT molecular complexity index is 978. The summed E-state index contributed by atoms with van der Waals surface area (Å²) < 4.78 is 23.9. The van der Waals surface area contributed by atoms with Crippen molar-refractivity contribution in [2.75, 3.05) is 23.8 Å². The average molecular weight is 380 g/mol. The molecule has 0 aliphatic carbocycles. The van der Waals surface area contributed by atoms with E-state index in [-0.39, 0.29) is 17.4 Å².